The van der Waals surface area contributed by atoms with Crippen LogP contribution in [0.15, 0.2) is 109 Å². The van der Waals surface area contributed by atoms with E-state index in [-0.39, 0.29) is 30.3 Å². The molecule has 0 fully saturated rings. The molecule has 4 heteroatoms. The highest BCUT2D eigenvalue weighted by Gasteiger charge is 2.13. The summed E-state index contributed by atoms with van der Waals surface area (Å²) in [5.74, 6) is -0.299. The molecule has 0 saturated heterocycles. The van der Waals surface area contributed by atoms with Crippen molar-refractivity contribution in [2.75, 3.05) is 5.32 Å². The monoisotopic (exact) mass is 433 g/mol. The highest BCUT2D eigenvalue weighted by molar-refractivity contribution is 6.04. The van der Waals surface area contributed by atoms with Crippen molar-refractivity contribution in [2.45, 2.75) is 12.8 Å². The first-order valence-corrected chi connectivity index (χ1v) is 10.7. The van der Waals surface area contributed by atoms with Crippen LogP contribution in [-0.2, 0) is 12.8 Å². The van der Waals surface area contributed by atoms with Crippen molar-refractivity contribution >= 4 is 23.2 Å². The van der Waals surface area contributed by atoms with Crippen molar-refractivity contribution in [3.05, 3.63) is 137 Å². The van der Waals surface area contributed by atoms with Gasteiger partial charge in [-0.05, 0) is 35.4 Å². The van der Waals surface area contributed by atoms with Crippen LogP contribution in [0.5, 0.6) is 0 Å². The number of carbonyl (C=O) groups is 3. The Morgan fingerprint density at radius 2 is 0.909 bits per heavy atom. The molecule has 0 aliphatic heterocycles. The molecule has 0 bridgehead atoms. The van der Waals surface area contributed by atoms with E-state index in [0.717, 1.165) is 11.1 Å². The second-order valence-electron chi connectivity index (χ2n) is 7.79. The van der Waals surface area contributed by atoms with Gasteiger partial charge in [-0.2, -0.15) is 0 Å². The Morgan fingerprint density at radius 3 is 1.33 bits per heavy atom. The molecule has 0 spiro atoms. The Labute approximate surface area is 192 Å². The van der Waals surface area contributed by atoms with Gasteiger partial charge in [0.25, 0.3) is 5.91 Å². The van der Waals surface area contributed by atoms with Crippen LogP contribution in [0.2, 0.25) is 0 Å². The molecule has 0 aliphatic rings. The van der Waals surface area contributed by atoms with Crippen molar-refractivity contribution in [3.8, 4) is 0 Å². The normalized spacial score (nSPS) is 10.4. The lowest BCUT2D eigenvalue weighted by molar-refractivity contribution is 0.0986. The van der Waals surface area contributed by atoms with Crippen molar-refractivity contribution < 1.29 is 14.4 Å². The van der Waals surface area contributed by atoms with E-state index in [1.54, 1.807) is 60.7 Å². The lowest BCUT2D eigenvalue weighted by Gasteiger charge is -2.11. The Morgan fingerprint density at radius 1 is 0.515 bits per heavy atom. The smallest absolute Gasteiger partial charge is 0.255 e. The molecule has 0 aliphatic carbocycles. The Kier molecular flexibility index (Phi) is 6.86. The van der Waals surface area contributed by atoms with E-state index in [1.807, 2.05) is 48.5 Å². The minimum absolute atomic E-state index is 0.0255. The zero-order valence-corrected chi connectivity index (χ0v) is 18.0. The molecular formula is C29H23NO3. The molecule has 0 unspecified atom stereocenters. The first-order chi connectivity index (χ1) is 16.1. The first kappa shape index (κ1) is 21.9. The number of hydrogen-bond acceptors (Lipinski definition) is 3. The van der Waals surface area contributed by atoms with E-state index < -0.39 is 0 Å². The second-order valence-corrected chi connectivity index (χ2v) is 7.79. The molecule has 4 nitrogen and oxygen atoms in total. The van der Waals surface area contributed by atoms with E-state index in [1.165, 1.54) is 0 Å². The number of amides is 1. The van der Waals surface area contributed by atoms with Crippen molar-refractivity contribution in [1.29, 1.82) is 0 Å². The van der Waals surface area contributed by atoms with E-state index in [4.69, 9.17) is 0 Å². The summed E-state index contributed by atoms with van der Waals surface area (Å²) in [6, 6.07) is 32.5. The molecule has 162 valence electrons. The lowest BCUT2D eigenvalue weighted by atomic mass is 9.97. The molecule has 0 saturated carbocycles. The fraction of sp³-hybridized carbons (Fsp3) is 0.0690. The average Bonchev–Trinajstić information content (AvgIpc) is 2.85. The summed E-state index contributed by atoms with van der Waals surface area (Å²) in [7, 11) is 0. The third kappa shape index (κ3) is 5.89. The van der Waals surface area contributed by atoms with Gasteiger partial charge in [-0.1, -0.05) is 84.9 Å². The number of benzene rings is 4. The van der Waals surface area contributed by atoms with Crippen LogP contribution in [0.25, 0.3) is 0 Å². The number of ketones is 2. The fourth-order valence-electron chi connectivity index (χ4n) is 3.65. The number of rotatable bonds is 8. The Balaban J connectivity index is 1.61. The maximum atomic E-state index is 12.8. The molecule has 4 aromatic rings. The first-order valence-electron chi connectivity index (χ1n) is 10.7. The molecular weight excluding hydrogens is 410 g/mol. The molecule has 0 heterocycles. The highest BCUT2D eigenvalue weighted by Crippen LogP contribution is 2.20. The van der Waals surface area contributed by atoms with Crippen molar-refractivity contribution in [3.63, 3.8) is 0 Å². The summed E-state index contributed by atoms with van der Waals surface area (Å²) in [6.07, 6.45) is 0.344. The van der Waals surface area contributed by atoms with Crippen LogP contribution in [0.1, 0.15) is 42.2 Å². The standard InChI is InChI=1S/C29H23NO3/c31-27(23-10-4-1-5-11-23)19-21-16-22(20-28(32)24-12-6-2-7-13-24)18-26(17-21)30-29(33)25-14-8-3-9-15-25/h1-18H,19-20H2,(H,30,33). The van der Waals surface area contributed by atoms with Crippen LogP contribution >= 0.6 is 0 Å². The van der Waals surface area contributed by atoms with Gasteiger partial charge in [-0.3, -0.25) is 14.4 Å². The van der Waals surface area contributed by atoms with E-state index in [0.29, 0.717) is 22.4 Å². The molecule has 0 aromatic heterocycles. The topological polar surface area (TPSA) is 63.2 Å². The Hall–Kier alpha value is -4.31. The van der Waals surface area contributed by atoms with Gasteiger partial charge in [0.15, 0.2) is 11.6 Å². The number of anilines is 1. The molecule has 33 heavy (non-hydrogen) atoms. The van der Waals surface area contributed by atoms with Crippen LogP contribution in [0.4, 0.5) is 5.69 Å². The summed E-state index contributed by atoms with van der Waals surface area (Å²) in [4.78, 5) is 38.2. The van der Waals surface area contributed by atoms with Crippen molar-refractivity contribution in [2.24, 2.45) is 0 Å². The summed E-state index contributed by atoms with van der Waals surface area (Å²) in [6.45, 7) is 0. The average molecular weight is 434 g/mol. The molecule has 1 N–H and O–H groups in total. The molecule has 4 rings (SSSR count). The molecule has 4 aromatic carbocycles. The zero-order chi connectivity index (χ0) is 23.0. The summed E-state index contributed by atoms with van der Waals surface area (Å²) in [5.41, 5.74) is 3.82. The summed E-state index contributed by atoms with van der Waals surface area (Å²) < 4.78 is 0. The Bertz CT molecular complexity index is 1090. The van der Waals surface area contributed by atoms with Gasteiger partial charge >= 0.3 is 0 Å². The maximum Gasteiger partial charge on any atom is 0.255 e. The van der Waals surface area contributed by atoms with Crippen molar-refractivity contribution in [1.82, 2.24) is 0 Å². The van der Waals surface area contributed by atoms with Gasteiger partial charge in [0, 0.05) is 35.2 Å². The van der Waals surface area contributed by atoms with Gasteiger partial charge in [0.2, 0.25) is 0 Å². The van der Waals surface area contributed by atoms with E-state index >= 15 is 0 Å². The summed E-state index contributed by atoms with van der Waals surface area (Å²) in [5, 5.41) is 2.90. The SMILES string of the molecule is O=C(Cc1cc(CC(=O)c2ccccc2)cc(NC(=O)c2ccccc2)c1)c1ccccc1. The zero-order valence-electron chi connectivity index (χ0n) is 18.0. The number of carbonyl (C=O) groups excluding carboxylic acids is 3. The van der Waals surface area contributed by atoms with Gasteiger partial charge in [-0.15, -0.1) is 0 Å². The van der Waals surface area contributed by atoms with Crippen LogP contribution in [-0.4, -0.2) is 17.5 Å². The minimum Gasteiger partial charge on any atom is -0.322 e. The van der Waals surface area contributed by atoms with Crippen LogP contribution < -0.4 is 5.32 Å². The fourth-order valence-corrected chi connectivity index (χ4v) is 3.65. The largest absolute Gasteiger partial charge is 0.322 e. The predicted octanol–water partition coefficient (Wildman–Crippen LogP) is 5.79. The highest BCUT2D eigenvalue weighted by atomic mass is 16.1. The second kappa shape index (κ2) is 10.3. The minimum atomic E-state index is -0.248. The van der Waals surface area contributed by atoms with Gasteiger partial charge < -0.3 is 5.32 Å². The quantitative estimate of drug-likeness (QED) is 0.358. The number of nitrogens with one attached hydrogen (secondary N) is 1. The molecule has 0 atom stereocenters. The number of hydrogen-bond donors (Lipinski definition) is 1. The van der Waals surface area contributed by atoms with Gasteiger partial charge in [0.1, 0.15) is 0 Å². The van der Waals surface area contributed by atoms with E-state index in [2.05, 4.69) is 5.32 Å². The third-order valence-corrected chi connectivity index (χ3v) is 5.27. The third-order valence-electron chi connectivity index (χ3n) is 5.27. The van der Waals surface area contributed by atoms with Crippen LogP contribution in [0, 0.1) is 0 Å². The molecule has 0 radical (unpaired) electrons. The van der Waals surface area contributed by atoms with E-state index in [9.17, 15) is 14.4 Å². The predicted molar refractivity (Wildman–Crippen MR) is 130 cm³/mol. The van der Waals surface area contributed by atoms with Gasteiger partial charge in [-0.25, -0.2) is 0 Å². The summed E-state index contributed by atoms with van der Waals surface area (Å²) >= 11 is 0. The maximum absolute atomic E-state index is 12.8. The van der Waals surface area contributed by atoms with Crippen LogP contribution in [0.3, 0.4) is 0 Å². The lowest BCUT2D eigenvalue weighted by Crippen LogP contribution is -2.13. The number of Topliss-reactive ketones (excluding diaryl/α,β-unsaturated/α-hetero) is 2. The molecule has 1 amide bonds. The van der Waals surface area contributed by atoms with Gasteiger partial charge in [0.05, 0.1) is 0 Å².